The standard InChI is InChI=1S/C44H66O7/c1-30(11-10-14-33-12-6-5-7-13-33)15-16-37(46)44-38(47)20-23-41(4,35-18-24-42(25-19-35)21-8-9-22-42)40(44)36(51-32(3)45)27-31(2)43(44,49)26-17-34-28-39(48)50-29-34/h5-7,12-13,28,30-31,35-38,40,46-47,49H,8-11,14-27,29H2,1-4H3/t30-,31-,36-,37+,38+,40+,41+,43-,44+/m1/s1. The second-order valence-corrected chi connectivity index (χ2v) is 18.1. The molecule has 5 aliphatic rings. The summed E-state index contributed by atoms with van der Waals surface area (Å²) in [5.74, 6) is -0.781. The Morgan fingerprint density at radius 2 is 1.71 bits per heavy atom. The van der Waals surface area contributed by atoms with E-state index in [2.05, 4.69) is 38.1 Å². The molecule has 4 aliphatic carbocycles. The van der Waals surface area contributed by atoms with E-state index in [9.17, 15) is 24.9 Å². The van der Waals surface area contributed by atoms with Crippen LogP contribution in [0.2, 0.25) is 0 Å². The van der Waals surface area contributed by atoms with Crippen LogP contribution in [-0.4, -0.2) is 57.8 Å². The molecule has 7 nitrogen and oxygen atoms in total. The van der Waals surface area contributed by atoms with E-state index in [0.717, 1.165) is 50.5 Å². The van der Waals surface area contributed by atoms with Gasteiger partial charge in [-0.1, -0.05) is 70.4 Å². The first-order valence-corrected chi connectivity index (χ1v) is 20.5. The molecule has 0 bridgehead atoms. The molecule has 4 fully saturated rings. The predicted molar refractivity (Wildman–Crippen MR) is 198 cm³/mol. The van der Waals surface area contributed by atoms with Crippen LogP contribution in [0, 0.1) is 39.9 Å². The maximum absolute atomic E-state index is 13.4. The molecule has 1 aromatic rings. The van der Waals surface area contributed by atoms with Crippen molar-refractivity contribution < 1.29 is 34.4 Å². The van der Waals surface area contributed by atoms with Crippen molar-refractivity contribution in [1.82, 2.24) is 0 Å². The summed E-state index contributed by atoms with van der Waals surface area (Å²) in [7, 11) is 0. The van der Waals surface area contributed by atoms with Gasteiger partial charge >= 0.3 is 11.9 Å². The first kappa shape index (κ1) is 38.5. The second-order valence-electron chi connectivity index (χ2n) is 18.1. The minimum atomic E-state index is -1.46. The maximum atomic E-state index is 13.4. The van der Waals surface area contributed by atoms with E-state index in [4.69, 9.17) is 9.47 Å². The fraction of sp³-hybridized carbons (Fsp3) is 0.773. The molecule has 0 amide bonds. The van der Waals surface area contributed by atoms with E-state index >= 15 is 0 Å². The summed E-state index contributed by atoms with van der Waals surface area (Å²) in [6.07, 6.45) is 15.7. The molecule has 0 unspecified atom stereocenters. The molecule has 1 aromatic carbocycles. The Bertz CT molecular complexity index is 1370. The summed E-state index contributed by atoms with van der Waals surface area (Å²) in [5, 5.41) is 38.8. The third-order valence-corrected chi connectivity index (χ3v) is 15.3. The van der Waals surface area contributed by atoms with Crippen LogP contribution in [-0.2, 0) is 25.5 Å². The smallest absolute Gasteiger partial charge is 0.331 e. The van der Waals surface area contributed by atoms with Crippen LogP contribution >= 0.6 is 0 Å². The van der Waals surface area contributed by atoms with Gasteiger partial charge in [-0.05, 0) is 136 Å². The van der Waals surface area contributed by atoms with Gasteiger partial charge in [0.05, 0.1) is 23.2 Å². The summed E-state index contributed by atoms with van der Waals surface area (Å²) < 4.78 is 11.5. The van der Waals surface area contributed by atoms with Crippen molar-refractivity contribution in [2.75, 3.05) is 6.61 Å². The molecule has 284 valence electrons. The summed E-state index contributed by atoms with van der Waals surface area (Å²) in [4.78, 5) is 24.9. The second kappa shape index (κ2) is 15.6. The van der Waals surface area contributed by atoms with Gasteiger partial charge in [0.2, 0.25) is 0 Å². The normalized spacial score (nSPS) is 36.3. The number of hydrogen-bond donors (Lipinski definition) is 3. The highest BCUT2D eigenvalue weighted by Crippen LogP contribution is 2.70. The number of aryl methyl sites for hydroxylation is 1. The van der Waals surface area contributed by atoms with Crippen LogP contribution in [0.1, 0.15) is 142 Å². The molecule has 1 spiro atoms. The molecule has 1 aliphatic heterocycles. The largest absolute Gasteiger partial charge is 0.462 e. The van der Waals surface area contributed by atoms with Gasteiger partial charge in [-0.3, -0.25) is 4.79 Å². The van der Waals surface area contributed by atoms with Crippen molar-refractivity contribution in [3.8, 4) is 0 Å². The van der Waals surface area contributed by atoms with E-state index in [0.29, 0.717) is 49.4 Å². The Hall–Kier alpha value is -2.22. The Balaban J connectivity index is 1.34. The molecule has 4 saturated carbocycles. The van der Waals surface area contributed by atoms with Gasteiger partial charge in [-0.15, -0.1) is 0 Å². The SMILES string of the molecule is CC(=O)O[C@@H]1C[C@@H](C)[C@](O)(CCC2=CC(=O)OC2)[C@]2([C@@H](O)CC[C@H](C)CCCc3ccccc3)[C@@H]1[C@](C)(C1CCC3(CCCC3)CC1)CC[C@@H]2O. The minimum Gasteiger partial charge on any atom is -0.462 e. The fourth-order valence-electron chi connectivity index (χ4n) is 12.5. The van der Waals surface area contributed by atoms with Gasteiger partial charge in [0.25, 0.3) is 0 Å². The van der Waals surface area contributed by atoms with Gasteiger partial charge < -0.3 is 24.8 Å². The molecule has 0 aromatic heterocycles. The Morgan fingerprint density at radius 1 is 1.00 bits per heavy atom. The van der Waals surface area contributed by atoms with Crippen LogP contribution < -0.4 is 0 Å². The number of cyclic esters (lactones) is 1. The number of esters is 2. The Kier molecular flexibility index (Phi) is 11.8. The molecule has 0 radical (unpaired) electrons. The van der Waals surface area contributed by atoms with Crippen LogP contribution in [0.5, 0.6) is 0 Å². The van der Waals surface area contributed by atoms with Crippen molar-refractivity contribution in [2.24, 2.45) is 39.9 Å². The number of rotatable bonds is 13. The quantitative estimate of drug-likeness (QED) is 0.177. The third-order valence-electron chi connectivity index (χ3n) is 15.3. The maximum Gasteiger partial charge on any atom is 0.331 e. The number of carbonyl (C=O) groups excluding carboxylic acids is 2. The number of benzene rings is 1. The number of carbonyl (C=O) groups is 2. The molecule has 7 heteroatoms. The van der Waals surface area contributed by atoms with E-state index < -0.39 is 35.2 Å². The Labute approximate surface area is 307 Å². The van der Waals surface area contributed by atoms with Gasteiger partial charge in [-0.25, -0.2) is 4.79 Å². The van der Waals surface area contributed by atoms with E-state index in [1.807, 2.05) is 13.0 Å². The van der Waals surface area contributed by atoms with Crippen LogP contribution in [0.25, 0.3) is 0 Å². The average Bonchev–Trinajstić information content (AvgIpc) is 3.75. The van der Waals surface area contributed by atoms with Crippen molar-refractivity contribution >= 4 is 11.9 Å². The van der Waals surface area contributed by atoms with Gasteiger partial charge in [-0.2, -0.15) is 0 Å². The summed E-state index contributed by atoms with van der Waals surface area (Å²) in [6, 6.07) is 10.5. The molecule has 3 N–H and O–H groups in total. The number of hydrogen-bond acceptors (Lipinski definition) is 7. The van der Waals surface area contributed by atoms with Crippen LogP contribution in [0.3, 0.4) is 0 Å². The lowest BCUT2D eigenvalue weighted by molar-refractivity contribution is -0.327. The van der Waals surface area contributed by atoms with Crippen molar-refractivity contribution in [3.05, 3.63) is 47.5 Å². The molecule has 9 atom stereocenters. The zero-order valence-electron chi connectivity index (χ0n) is 31.9. The number of aliphatic hydroxyl groups is 3. The van der Waals surface area contributed by atoms with E-state index in [1.165, 1.54) is 57.1 Å². The highest BCUT2D eigenvalue weighted by atomic mass is 16.5. The molecule has 6 rings (SSSR count). The first-order chi connectivity index (χ1) is 24.3. The fourth-order valence-corrected chi connectivity index (χ4v) is 12.5. The van der Waals surface area contributed by atoms with E-state index in [-0.39, 0.29) is 29.9 Å². The van der Waals surface area contributed by atoms with Crippen molar-refractivity contribution in [2.45, 2.75) is 167 Å². The van der Waals surface area contributed by atoms with Crippen molar-refractivity contribution in [3.63, 3.8) is 0 Å². The highest BCUT2D eigenvalue weighted by molar-refractivity contribution is 5.85. The number of fused-ring (bicyclic) bond motifs is 1. The Morgan fingerprint density at radius 3 is 2.35 bits per heavy atom. The molecule has 1 heterocycles. The van der Waals surface area contributed by atoms with Gasteiger partial charge in [0.1, 0.15) is 12.7 Å². The predicted octanol–water partition coefficient (Wildman–Crippen LogP) is 8.27. The topological polar surface area (TPSA) is 113 Å². The lowest BCUT2D eigenvalue weighted by Crippen LogP contribution is -2.77. The van der Waals surface area contributed by atoms with Crippen molar-refractivity contribution in [1.29, 1.82) is 0 Å². The first-order valence-electron chi connectivity index (χ1n) is 20.5. The average molecular weight is 707 g/mol. The van der Waals surface area contributed by atoms with Crippen LogP contribution in [0.4, 0.5) is 0 Å². The van der Waals surface area contributed by atoms with E-state index in [1.54, 1.807) is 0 Å². The molecular weight excluding hydrogens is 640 g/mol. The van der Waals surface area contributed by atoms with Crippen LogP contribution in [0.15, 0.2) is 42.0 Å². The molecule has 51 heavy (non-hydrogen) atoms. The highest BCUT2D eigenvalue weighted by Gasteiger charge is 2.74. The lowest BCUT2D eigenvalue weighted by atomic mass is 9.37. The van der Waals surface area contributed by atoms with Gasteiger partial charge in [0.15, 0.2) is 0 Å². The summed E-state index contributed by atoms with van der Waals surface area (Å²) in [6.45, 7) is 8.26. The minimum absolute atomic E-state index is 0.211. The molecule has 0 saturated heterocycles. The van der Waals surface area contributed by atoms with Gasteiger partial charge in [0, 0.05) is 18.9 Å². The number of ether oxygens (including phenoxy) is 2. The number of aliphatic hydroxyl groups excluding tert-OH is 2. The third kappa shape index (κ3) is 7.47. The zero-order chi connectivity index (χ0) is 36.4. The zero-order valence-corrected chi connectivity index (χ0v) is 31.9. The molecular formula is C44H66O7. The summed E-state index contributed by atoms with van der Waals surface area (Å²) >= 11 is 0. The summed E-state index contributed by atoms with van der Waals surface area (Å²) in [5.41, 5.74) is -0.493. The monoisotopic (exact) mass is 706 g/mol. The lowest BCUT2D eigenvalue weighted by Gasteiger charge is -2.70.